The molecule has 1 aliphatic rings. The van der Waals surface area contributed by atoms with Crippen molar-refractivity contribution in [3.63, 3.8) is 0 Å². The van der Waals surface area contributed by atoms with Crippen molar-refractivity contribution in [1.82, 2.24) is 19.5 Å². The molecule has 0 atom stereocenters. The van der Waals surface area contributed by atoms with Gasteiger partial charge in [0, 0.05) is 35.6 Å². The van der Waals surface area contributed by atoms with Crippen LogP contribution in [-0.4, -0.2) is 26.3 Å². The molecule has 0 fully saturated rings. The summed E-state index contributed by atoms with van der Waals surface area (Å²) >= 11 is 1.66. The fraction of sp³-hybridized carbons (Fsp3) is 0.0800. The third kappa shape index (κ3) is 3.81. The van der Waals surface area contributed by atoms with Crippen LogP contribution in [0.25, 0.3) is 27.8 Å². The minimum atomic E-state index is 0.263. The molecule has 162 valence electrons. The van der Waals surface area contributed by atoms with Crippen molar-refractivity contribution >= 4 is 17.2 Å². The first-order valence-electron chi connectivity index (χ1n) is 10.5. The highest BCUT2D eigenvalue weighted by Gasteiger charge is 2.16. The van der Waals surface area contributed by atoms with Crippen molar-refractivity contribution in [1.29, 1.82) is 0 Å². The number of nitrogens with one attached hydrogen (secondary N) is 1. The summed E-state index contributed by atoms with van der Waals surface area (Å²) in [5.74, 6) is 3.65. The van der Waals surface area contributed by atoms with E-state index in [9.17, 15) is 0 Å². The van der Waals surface area contributed by atoms with Crippen LogP contribution in [0.4, 0.5) is 5.82 Å². The summed E-state index contributed by atoms with van der Waals surface area (Å²) < 4.78 is 12.8. The van der Waals surface area contributed by atoms with Crippen LogP contribution < -0.4 is 14.8 Å². The highest BCUT2D eigenvalue weighted by atomic mass is 32.1. The lowest BCUT2D eigenvalue weighted by Gasteiger charge is -2.13. The van der Waals surface area contributed by atoms with E-state index < -0.39 is 0 Å². The fourth-order valence-corrected chi connectivity index (χ4v) is 4.48. The molecule has 0 aliphatic carbocycles. The molecule has 3 aromatic heterocycles. The molecular formula is C25H19N5O2S. The summed E-state index contributed by atoms with van der Waals surface area (Å²) in [4.78, 5) is 15.2. The van der Waals surface area contributed by atoms with E-state index in [1.807, 2.05) is 76.9 Å². The van der Waals surface area contributed by atoms with Crippen LogP contribution in [0, 0.1) is 0 Å². The number of nitrogens with zero attached hydrogens (tertiary/aromatic N) is 4. The number of benzene rings is 2. The Morgan fingerprint density at radius 1 is 0.970 bits per heavy atom. The van der Waals surface area contributed by atoms with Gasteiger partial charge in [-0.05, 0) is 29.1 Å². The van der Waals surface area contributed by atoms with Crippen LogP contribution in [-0.2, 0) is 6.54 Å². The van der Waals surface area contributed by atoms with Crippen LogP contribution in [0.2, 0.25) is 0 Å². The first kappa shape index (κ1) is 19.5. The van der Waals surface area contributed by atoms with Crippen LogP contribution in [0.15, 0.2) is 84.6 Å². The summed E-state index contributed by atoms with van der Waals surface area (Å²) in [7, 11) is 0. The van der Waals surface area contributed by atoms with E-state index in [2.05, 4.69) is 21.4 Å². The number of imidazole rings is 1. The summed E-state index contributed by atoms with van der Waals surface area (Å²) in [6, 6.07) is 20.1. The number of thiophene rings is 1. The van der Waals surface area contributed by atoms with Crippen LogP contribution in [0.3, 0.4) is 0 Å². The first-order chi connectivity index (χ1) is 16.3. The summed E-state index contributed by atoms with van der Waals surface area (Å²) in [6.45, 7) is 0.847. The maximum atomic E-state index is 5.51. The third-order valence-corrected chi connectivity index (χ3v) is 6.25. The van der Waals surface area contributed by atoms with Gasteiger partial charge in [0.2, 0.25) is 12.7 Å². The van der Waals surface area contributed by atoms with E-state index in [4.69, 9.17) is 14.5 Å². The minimum absolute atomic E-state index is 0.263. The quantitative estimate of drug-likeness (QED) is 0.371. The minimum Gasteiger partial charge on any atom is -0.454 e. The molecule has 0 unspecified atom stereocenters. The molecule has 0 amide bonds. The van der Waals surface area contributed by atoms with Gasteiger partial charge in [-0.25, -0.2) is 9.97 Å². The van der Waals surface area contributed by atoms with Crippen molar-refractivity contribution in [2.75, 3.05) is 12.1 Å². The second-order valence-corrected chi connectivity index (χ2v) is 8.39. The number of rotatable bonds is 6. The molecule has 1 N–H and O–H groups in total. The molecule has 1 aliphatic heterocycles. The Labute approximate surface area is 194 Å². The van der Waals surface area contributed by atoms with Gasteiger partial charge in [-0.3, -0.25) is 4.57 Å². The molecule has 7 nitrogen and oxygen atoms in total. The van der Waals surface area contributed by atoms with Gasteiger partial charge in [0.05, 0.1) is 5.56 Å². The van der Waals surface area contributed by atoms with E-state index in [0.717, 1.165) is 44.7 Å². The SMILES string of the molecule is c1ccc(-c2nccn2-c2ncc(-c3cccs3)c(NCc3ccc4c(c3)OCO4)n2)cc1. The molecule has 0 spiro atoms. The Bertz CT molecular complexity index is 1400. The maximum absolute atomic E-state index is 5.51. The number of hydrogen-bond donors (Lipinski definition) is 1. The third-order valence-electron chi connectivity index (χ3n) is 5.35. The number of ether oxygens (including phenoxy) is 2. The van der Waals surface area contributed by atoms with Crippen molar-refractivity contribution < 1.29 is 9.47 Å². The molecule has 33 heavy (non-hydrogen) atoms. The highest BCUT2D eigenvalue weighted by molar-refractivity contribution is 7.13. The summed E-state index contributed by atoms with van der Waals surface area (Å²) in [5.41, 5.74) is 3.03. The average Bonchev–Trinajstić information content (AvgIpc) is 3.64. The molecule has 0 radical (unpaired) electrons. The molecule has 2 aromatic carbocycles. The van der Waals surface area contributed by atoms with Gasteiger partial charge in [0.25, 0.3) is 0 Å². The Morgan fingerprint density at radius 3 is 2.76 bits per heavy atom. The van der Waals surface area contributed by atoms with Crippen molar-refractivity contribution in [2.24, 2.45) is 0 Å². The van der Waals surface area contributed by atoms with Gasteiger partial charge in [0.1, 0.15) is 11.6 Å². The van der Waals surface area contributed by atoms with Crippen LogP contribution in [0.1, 0.15) is 5.56 Å². The Kier molecular flexibility index (Phi) is 4.97. The van der Waals surface area contributed by atoms with Crippen molar-refractivity contribution in [3.8, 4) is 39.3 Å². The number of hydrogen-bond acceptors (Lipinski definition) is 7. The number of fused-ring (bicyclic) bond motifs is 1. The van der Waals surface area contributed by atoms with Gasteiger partial charge in [-0.1, -0.05) is 42.5 Å². The normalized spacial score (nSPS) is 12.1. The molecule has 8 heteroatoms. The van der Waals surface area contributed by atoms with Gasteiger partial charge in [-0.2, -0.15) is 4.98 Å². The Hall–Kier alpha value is -4.17. The molecule has 0 saturated heterocycles. The zero-order chi connectivity index (χ0) is 22.0. The average molecular weight is 454 g/mol. The van der Waals surface area contributed by atoms with Gasteiger partial charge in [-0.15, -0.1) is 11.3 Å². The van der Waals surface area contributed by atoms with Crippen molar-refractivity contribution in [2.45, 2.75) is 6.54 Å². The molecule has 0 saturated carbocycles. The first-order valence-corrected chi connectivity index (χ1v) is 11.4. The molecular weight excluding hydrogens is 434 g/mol. The topological polar surface area (TPSA) is 74.1 Å². The highest BCUT2D eigenvalue weighted by Crippen LogP contribution is 2.34. The largest absolute Gasteiger partial charge is 0.454 e. The molecule has 4 heterocycles. The summed E-state index contributed by atoms with van der Waals surface area (Å²) in [6.07, 6.45) is 5.51. The predicted octanol–water partition coefficient (Wildman–Crippen LogP) is 5.40. The lowest BCUT2D eigenvalue weighted by atomic mass is 10.2. The second-order valence-electron chi connectivity index (χ2n) is 7.44. The second kappa shape index (κ2) is 8.40. The standard InChI is InChI=1S/C25H19N5O2S/c1-2-5-18(6-3-1)24-26-10-11-30(24)25-28-15-19(22-7-4-12-33-22)23(29-25)27-14-17-8-9-20-21(13-17)32-16-31-20/h1-13,15H,14,16H2,(H,27,28,29). The fourth-order valence-electron chi connectivity index (χ4n) is 3.74. The van der Waals surface area contributed by atoms with Gasteiger partial charge >= 0.3 is 0 Å². The molecule has 6 rings (SSSR count). The Balaban J connectivity index is 1.36. The zero-order valence-electron chi connectivity index (χ0n) is 17.5. The van der Waals surface area contributed by atoms with E-state index in [0.29, 0.717) is 12.5 Å². The van der Waals surface area contributed by atoms with E-state index >= 15 is 0 Å². The van der Waals surface area contributed by atoms with Gasteiger partial charge in [0.15, 0.2) is 11.5 Å². The lowest BCUT2D eigenvalue weighted by Crippen LogP contribution is -2.08. The maximum Gasteiger partial charge on any atom is 0.237 e. The van der Waals surface area contributed by atoms with Crippen LogP contribution >= 0.6 is 11.3 Å². The zero-order valence-corrected chi connectivity index (χ0v) is 18.3. The van der Waals surface area contributed by atoms with Gasteiger partial charge < -0.3 is 14.8 Å². The molecule has 5 aromatic rings. The van der Waals surface area contributed by atoms with Crippen LogP contribution in [0.5, 0.6) is 11.5 Å². The van der Waals surface area contributed by atoms with E-state index in [-0.39, 0.29) is 6.79 Å². The smallest absolute Gasteiger partial charge is 0.237 e. The number of anilines is 1. The monoisotopic (exact) mass is 453 g/mol. The van der Waals surface area contributed by atoms with Crippen molar-refractivity contribution in [3.05, 3.63) is 90.2 Å². The van der Waals surface area contributed by atoms with E-state index in [1.54, 1.807) is 17.5 Å². The lowest BCUT2D eigenvalue weighted by molar-refractivity contribution is 0.174. The Morgan fingerprint density at radius 2 is 1.88 bits per heavy atom. The van der Waals surface area contributed by atoms with E-state index in [1.165, 1.54) is 0 Å². The number of aromatic nitrogens is 4. The summed E-state index contributed by atoms with van der Waals surface area (Å²) in [5, 5.41) is 5.55. The molecule has 0 bridgehead atoms. The predicted molar refractivity (Wildman–Crippen MR) is 128 cm³/mol.